The summed E-state index contributed by atoms with van der Waals surface area (Å²) in [7, 11) is 0. The number of piperidine rings is 1. The van der Waals surface area contributed by atoms with Gasteiger partial charge in [-0.15, -0.1) is 0 Å². The summed E-state index contributed by atoms with van der Waals surface area (Å²) >= 11 is 9.18. The second-order valence-corrected chi connectivity index (χ2v) is 8.82. The number of pyridine rings is 1. The summed E-state index contributed by atoms with van der Waals surface area (Å²) in [4.78, 5) is 32.1. The molecular weight excluding hydrogens is 472 g/mol. The molecule has 1 aliphatic heterocycles. The minimum Gasteiger partial charge on any atom is -0.506 e. The molecule has 7 nitrogen and oxygen atoms in total. The number of hydrogen-bond acceptors (Lipinski definition) is 5. The molecule has 3 rings (SSSR count). The van der Waals surface area contributed by atoms with E-state index in [9.17, 15) is 14.7 Å². The van der Waals surface area contributed by atoms with Gasteiger partial charge in [0.25, 0.3) is 5.91 Å². The lowest BCUT2D eigenvalue weighted by Gasteiger charge is -2.34. The zero-order chi connectivity index (χ0) is 21.8. The Morgan fingerprint density at radius 1 is 1.30 bits per heavy atom. The Morgan fingerprint density at radius 3 is 2.60 bits per heavy atom. The van der Waals surface area contributed by atoms with Crippen molar-refractivity contribution in [2.24, 2.45) is 5.92 Å². The van der Waals surface area contributed by atoms with Gasteiger partial charge in [-0.1, -0.05) is 27.5 Å². The fraction of sp³-hybridized carbons (Fsp3) is 0.381. The van der Waals surface area contributed by atoms with Crippen molar-refractivity contribution >= 4 is 50.9 Å². The molecule has 0 spiro atoms. The molecule has 0 unspecified atom stereocenters. The highest BCUT2D eigenvalue weighted by molar-refractivity contribution is 9.10. The molecule has 0 bridgehead atoms. The lowest BCUT2D eigenvalue weighted by atomic mass is 9.95. The molecule has 3 N–H and O–H groups in total. The summed E-state index contributed by atoms with van der Waals surface area (Å²) < 4.78 is 0.524. The highest BCUT2D eigenvalue weighted by Crippen LogP contribution is 2.38. The average molecular weight is 496 g/mol. The van der Waals surface area contributed by atoms with Crippen molar-refractivity contribution < 1.29 is 14.7 Å². The molecule has 1 aromatic heterocycles. The van der Waals surface area contributed by atoms with Gasteiger partial charge in [0.2, 0.25) is 5.91 Å². The average Bonchev–Trinajstić information content (AvgIpc) is 2.71. The highest BCUT2D eigenvalue weighted by Gasteiger charge is 2.33. The first kappa shape index (κ1) is 22.5. The minimum atomic E-state index is -0.486. The van der Waals surface area contributed by atoms with E-state index in [1.54, 1.807) is 18.2 Å². The smallest absolute Gasteiger partial charge is 0.259 e. The first-order chi connectivity index (χ1) is 14.3. The van der Waals surface area contributed by atoms with Gasteiger partial charge in [-0.05, 0) is 64.0 Å². The van der Waals surface area contributed by atoms with Crippen molar-refractivity contribution in [3.63, 3.8) is 0 Å². The molecule has 1 aliphatic rings. The molecular formula is C21H24BrClN4O3. The number of aromatic nitrogens is 1. The van der Waals surface area contributed by atoms with Gasteiger partial charge in [-0.25, -0.2) is 4.98 Å². The van der Waals surface area contributed by atoms with E-state index in [1.165, 1.54) is 17.2 Å². The van der Waals surface area contributed by atoms with Gasteiger partial charge < -0.3 is 20.6 Å². The standard InChI is InChI=1S/C21H24BrClN4O3/c1-12(2)27(21(30)13-5-7-24-8-6-13)19-16(9-14(22)10-17(19)28)20(29)26-18-4-3-15(23)11-25-18/h3-4,9-13,24,28H,5-8H2,1-2H3,(H,25,26,29). The van der Waals surface area contributed by atoms with Crippen LogP contribution in [0.15, 0.2) is 34.9 Å². The maximum absolute atomic E-state index is 13.4. The van der Waals surface area contributed by atoms with Crippen LogP contribution in [0.2, 0.25) is 5.02 Å². The van der Waals surface area contributed by atoms with E-state index in [-0.39, 0.29) is 34.9 Å². The Balaban J connectivity index is 2.00. The molecule has 0 saturated carbocycles. The number of hydrogen-bond donors (Lipinski definition) is 3. The fourth-order valence-corrected chi connectivity index (χ4v) is 4.09. The number of phenols is 1. The van der Waals surface area contributed by atoms with Crippen LogP contribution in [-0.4, -0.2) is 41.0 Å². The summed E-state index contributed by atoms with van der Waals surface area (Å²) in [5.41, 5.74) is 0.373. The van der Waals surface area contributed by atoms with Crippen molar-refractivity contribution in [3.05, 3.63) is 45.5 Å². The van der Waals surface area contributed by atoms with Gasteiger partial charge >= 0.3 is 0 Å². The molecule has 1 aromatic carbocycles. The van der Waals surface area contributed by atoms with E-state index in [1.807, 2.05) is 13.8 Å². The number of anilines is 2. The van der Waals surface area contributed by atoms with Crippen LogP contribution in [0.4, 0.5) is 11.5 Å². The fourth-order valence-electron chi connectivity index (χ4n) is 3.53. The molecule has 1 saturated heterocycles. The Hall–Kier alpha value is -2.16. The number of nitrogens with zero attached hydrogens (tertiary/aromatic N) is 2. The Morgan fingerprint density at radius 2 is 2.00 bits per heavy atom. The largest absolute Gasteiger partial charge is 0.506 e. The number of amides is 2. The number of halogens is 2. The van der Waals surface area contributed by atoms with E-state index in [2.05, 4.69) is 31.5 Å². The van der Waals surface area contributed by atoms with Gasteiger partial charge in [0.05, 0.1) is 16.3 Å². The maximum Gasteiger partial charge on any atom is 0.259 e. The van der Waals surface area contributed by atoms with Crippen molar-refractivity contribution in [1.29, 1.82) is 0 Å². The third-order valence-corrected chi connectivity index (χ3v) is 5.63. The number of aromatic hydroxyl groups is 1. The quantitative estimate of drug-likeness (QED) is 0.578. The van der Waals surface area contributed by atoms with Gasteiger partial charge in [0, 0.05) is 22.6 Å². The van der Waals surface area contributed by atoms with E-state index >= 15 is 0 Å². The summed E-state index contributed by atoms with van der Waals surface area (Å²) in [6.45, 7) is 5.26. The maximum atomic E-state index is 13.4. The normalized spacial score (nSPS) is 14.6. The molecule has 0 aliphatic carbocycles. The van der Waals surface area contributed by atoms with Gasteiger partial charge in [-0.2, -0.15) is 0 Å². The second-order valence-electron chi connectivity index (χ2n) is 7.46. The molecule has 0 atom stereocenters. The van der Waals surface area contributed by atoms with Crippen LogP contribution in [0, 0.1) is 5.92 Å². The van der Waals surface area contributed by atoms with Crippen LogP contribution in [-0.2, 0) is 4.79 Å². The predicted octanol–water partition coefficient (Wildman–Crippen LogP) is 4.20. The third-order valence-electron chi connectivity index (χ3n) is 4.95. The van der Waals surface area contributed by atoms with Crippen molar-refractivity contribution in [1.82, 2.24) is 10.3 Å². The topological polar surface area (TPSA) is 94.6 Å². The molecule has 160 valence electrons. The molecule has 0 radical (unpaired) electrons. The van der Waals surface area contributed by atoms with Gasteiger partial charge in [-0.3, -0.25) is 9.59 Å². The minimum absolute atomic E-state index is 0.0946. The lowest BCUT2D eigenvalue weighted by Crippen LogP contribution is -2.45. The summed E-state index contributed by atoms with van der Waals surface area (Å²) in [5, 5.41) is 17.1. The second kappa shape index (κ2) is 9.76. The third kappa shape index (κ3) is 5.11. The lowest BCUT2D eigenvalue weighted by molar-refractivity contribution is -0.123. The first-order valence-electron chi connectivity index (χ1n) is 9.77. The van der Waals surface area contributed by atoms with E-state index in [0.717, 1.165) is 25.9 Å². The molecule has 2 heterocycles. The molecule has 2 amide bonds. The van der Waals surface area contributed by atoms with E-state index in [0.29, 0.717) is 15.3 Å². The summed E-state index contributed by atoms with van der Waals surface area (Å²) in [6, 6.07) is 6.02. The number of nitrogens with one attached hydrogen (secondary N) is 2. The number of rotatable bonds is 5. The van der Waals surface area contributed by atoms with Crippen LogP contribution in [0.3, 0.4) is 0 Å². The summed E-state index contributed by atoms with van der Waals surface area (Å²) in [6.07, 6.45) is 2.86. The van der Waals surface area contributed by atoms with Crippen LogP contribution < -0.4 is 15.5 Å². The van der Waals surface area contributed by atoms with Crippen LogP contribution in [0.1, 0.15) is 37.0 Å². The zero-order valence-electron chi connectivity index (χ0n) is 16.8. The van der Waals surface area contributed by atoms with E-state index < -0.39 is 5.91 Å². The SMILES string of the molecule is CC(C)N(C(=O)C1CCNCC1)c1c(O)cc(Br)cc1C(=O)Nc1ccc(Cl)cn1. The molecule has 2 aromatic rings. The Bertz CT molecular complexity index is 931. The van der Waals surface area contributed by atoms with Crippen molar-refractivity contribution in [3.8, 4) is 5.75 Å². The zero-order valence-corrected chi connectivity index (χ0v) is 19.1. The number of carbonyl (C=O) groups is 2. The van der Waals surface area contributed by atoms with Gasteiger partial charge in [0.15, 0.2) is 0 Å². The number of carbonyl (C=O) groups excluding carboxylic acids is 2. The Labute approximate surface area is 188 Å². The van der Waals surface area contributed by atoms with Crippen LogP contribution in [0.25, 0.3) is 0 Å². The monoisotopic (exact) mass is 494 g/mol. The highest BCUT2D eigenvalue weighted by atomic mass is 79.9. The first-order valence-corrected chi connectivity index (χ1v) is 10.9. The Kier molecular flexibility index (Phi) is 7.33. The molecule has 9 heteroatoms. The molecule has 30 heavy (non-hydrogen) atoms. The predicted molar refractivity (Wildman–Crippen MR) is 121 cm³/mol. The number of phenolic OH excluding ortho intramolecular Hbond substituents is 1. The van der Waals surface area contributed by atoms with Crippen LogP contribution in [0.5, 0.6) is 5.75 Å². The molecule has 1 fully saturated rings. The number of benzene rings is 1. The van der Waals surface area contributed by atoms with Crippen molar-refractivity contribution in [2.75, 3.05) is 23.3 Å². The van der Waals surface area contributed by atoms with Gasteiger partial charge in [0.1, 0.15) is 11.6 Å². The van der Waals surface area contributed by atoms with Crippen molar-refractivity contribution in [2.45, 2.75) is 32.7 Å². The van der Waals surface area contributed by atoms with E-state index in [4.69, 9.17) is 11.6 Å². The van der Waals surface area contributed by atoms with Crippen LogP contribution >= 0.6 is 27.5 Å². The summed E-state index contributed by atoms with van der Waals surface area (Å²) in [5.74, 6) is -0.571.